The minimum Gasteiger partial charge on any atom is -0.369 e. The molecule has 1 aliphatic rings. The summed E-state index contributed by atoms with van der Waals surface area (Å²) in [5.74, 6) is -1.00. The van der Waals surface area contributed by atoms with E-state index in [9.17, 15) is 13.6 Å². The number of hydrogen-bond acceptors (Lipinski definition) is 6. The van der Waals surface area contributed by atoms with Crippen LogP contribution in [0, 0.1) is 5.82 Å². The van der Waals surface area contributed by atoms with Crippen molar-refractivity contribution in [2.24, 2.45) is 12.8 Å². The molecule has 164 valence electrons. The number of nitrogens with one attached hydrogen (secondary N) is 1. The Hall–Kier alpha value is -2.40. The van der Waals surface area contributed by atoms with Crippen molar-refractivity contribution in [2.75, 3.05) is 11.9 Å². The van der Waals surface area contributed by atoms with Crippen LogP contribution in [0.2, 0.25) is 5.02 Å². The number of aryl methyl sites for hydroxylation is 1. The Morgan fingerprint density at radius 1 is 1.42 bits per heavy atom. The lowest BCUT2D eigenvalue weighted by molar-refractivity contribution is 0.0247. The number of anilines is 1. The molecule has 3 N–H and O–H groups in total. The Labute approximate surface area is 186 Å². The molecular formula is C20H20ClF2N5O2S. The van der Waals surface area contributed by atoms with E-state index in [-0.39, 0.29) is 22.9 Å². The van der Waals surface area contributed by atoms with E-state index < -0.39 is 30.0 Å². The minimum atomic E-state index is -1.24. The first-order valence-electron chi connectivity index (χ1n) is 9.59. The number of carbonyl (C=O) groups excluding carboxylic acids is 1. The molecule has 1 saturated heterocycles. The summed E-state index contributed by atoms with van der Waals surface area (Å²) >= 11 is 7.20. The molecule has 4 rings (SSSR count). The molecule has 0 radical (unpaired) electrons. The average molecular weight is 468 g/mol. The van der Waals surface area contributed by atoms with E-state index in [1.165, 1.54) is 23.7 Å². The smallest absolute Gasteiger partial charge is 0.275 e. The third-order valence-corrected chi connectivity index (χ3v) is 6.31. The minimum absolute atomic E-state index is 0.113. The van der Waals surface area contributed by atoms with Crippen LogP contribution in [0.15, 0.2) is 29.8 Å². The van der Waals surface area contributed by atoms with Gasteiger partial charge in [0.25, 0.3) is 5.91 Å². The third-order valence-electron chi connectivity index (χ3n) is 5.13. The van der Waals surface area contributed by atoms with Gasteiger partial charge in [0, 0.05) is 18.5 Å². The van der Waals surface area contributed by atoms with Crippen molar-refractivity contribution in [3.63, 3.8) is 0 Å². The van der Waals surface area contributed by atoms with Crippen LogP contribution in [0.1, 0.15) is 35.1 Å². The van der Waals surface area contributed by atoms with Crippen molar-refractivity contribution in [3.8, 4) is 10.6 Å². The molecule has 1 aliphatic heterocycles. The van der Waals surface area contributed by atoms with Gasteiger partial charge in [-0.2, -0.15) is 5.10 Å². The number of halogens is 3. The van der Waals surface area contributed by atoms with Crippen molar-refractivity contribution in [2.45, 2.75) is 31.2 Å². The molecule has 3 unspecified atom stereocenters. The summed E-state index contributed by atoms with van der Waals surface area (Å²) in [5, 5.41) is 9.01. The fourth-order valence-electron chi connectivity index (χ4n) is 3.46. The van der Waals surface area contributed by atoms with E-state index in [1.807, 2.05) is 0 Å². The van der Waals surface area contributed by atoms with Crippen LogP contribution in [0.5, 0.6) is 0 Å². The number of nitrogens with zero attached hydrogens (tertiary/aromatic N) is 3. The maximum atomic E-state index is 14.2. The van der Waals surface area contributed by atoms with Crippen LogP contribution in [0.25, 0.3) is 10.6 Å². The summed E-state index contributed by atoms with van der Waals surface area (Å²) in [6.07, 6.45) is 0.739. The number of amides is 1. The van der Waals surface area contributed by atoms with Crippen molar-refractivity contribution >= 4 is 34.5 Å². The quantitative estimate of drug-likeness (QED) is 0.602. The molecule has 2 aromatic heterocycles. The van der Waals surface area contributed by atoms with E-state index in [2.05, 4.69) is 15.4 Å². The van der Waals surface area contributed by atoms with Crippen LogP contribution in [0.3, 0.4) is 0 Å². The Morgan fingerprint density at radius 3 is 3.00 bits per heavy atom. The lowest BCUT2D eigenvalue weighted by Crippen LogP contribution is -2.32. The first-order valence-corrected chi connectivity index (χ1v) is 10.8. The fourth-order valence-corrected chi connectivity index (χ4v) is 4.63. The van der Waals surface area contributed by atoms with Crippen LogP contribution in [0.4, 0.5) is 14.5 Å². The highest BCUT2D eigenvalue weighted by molar-refractivity contribution is 7.13. The average Bonchev–Trinajstić information content (AvgIpc) is 3.31. The van der Waals surface area contributed by atoms with E-state index in [0.29, 0.717) is 29.2 Å². The van der Waals surface area contributed by atoms with Crippen molar-refractivity contribution < 1.29 is 18.3 Å². The van der Waals surface area contributed by atoms with Gasteiger partial charge in [0.05, 0.1) is 34.8 Å². The summed E-state index contributed by atoms with van der Waals surface area (Å²) in [7, 11) is 1.72. The number of alkyl halides is 1. The highest BCUT2D eigenvalue weighted by Gasteiger charge is 2.30. The van der Waals surface area contributed by atoms with Gasteiger partial charge in [0.1, 0.15) is 28.8 Å². The zero-order chi connectivity index (χ0) is 22.1. The van der Waals surface area contributed by atoms with Gasteiger partial charge in [0.15, 0.2) is 0 Å². The Morgan fingerprint density at radius 2 is 2.23 bits per heavy atom. The van der Waals surface area contributed by atoms with Gasteiger partial charge >= 0.3 is 0 Å². The largest absolute Gasteiger partial charge is 0.369 e. The number of benzene rings is 1. The molecule has 0 bridgehead atoms. The number of rotatable bonds is 4. The maximum Gasteiger partial charge on any atom is 0.275 e. The number of hydrogen-bond donors (Lipinski definition) is 2. The topological polar surface area (TPSA) is 95.1 Å². The Kier molecular flexibility index (Phi) is 6.33. The molecule has 11 heteroatoms. The summed E-state index contributed by atoms with van der Waals surface area (Å²) in [6, 6.07) is 3.75. The second-order valence-corrected chi connectivity index (χ2v) is 8.50. The number of carbonyl (C=O) groups is 1. The van der Waals surface area contributed by atoms with Crippen LogP contribution in [-0.2, 0) is 11.8 Å². The first kappa shape index (κ1) is 21.8. The van der Waals surface area contributed by atoms with Gasteiger partial charge < -0.3 is 15.8 Å². The van der Waals surface area contributed by atoms with E-state index >= 15 is 0 Å². The maximum absolute atomic E-state index is 14.2. The lowest BCUT2D eigenvalue weighted by Gasteiger charge is -2.17. The molecule has 0 aliphatic carbocycles. The summed E-state index contributed by atoms with van der Waals surface area (Å²) in [4.78, 5) is 17.0. The molecule has 31 heavy (non-hydrogen) atoms. The van der Waals surface area contributed by atoms with Gasteiger partial charge in [-0.1, -0.05) is 17.7 Å². The third kappa shape index (κ3) is 4.47. The SMILES string of the molecule is Cn1ncc(NC(=O)c2csc(-c3c(F)cccc3Cl)n2)c1C1CCC(N)C(F)CO1. The Balaban J connectivity index is 1.55. The molecule has 3 atom stereocenters. The van der Waals surface area contributed by atoms with Gasteiger partial charge in [-0.25, -0.2) is 13.8 Å². The van der Waals surface area contributed by atoms with Crippen molar-refractivity contribution in [1.82, 2.24) is 14.8 Å². The summed E-state index contributed by atoms with van der Waals surface area (Å²) in [5.41, 5.74) is 7.12. The number of nitrogens with two attached hydrogens (primary N) is 1. The van der Waals surface area contributed by atoms with Gasteiger partial charge in [-0.15, -0.1) is 11.3 Å². The molecule has 0 saturated carbocycles. The molecule has 0 spiro atoms. The van der Waals surface area contributed by atoms with Crippen LogP contribution in [-0.4, -0.2) is 39.5 Å². The number of aromatic nitrogens is 3. The molecule has 3 heterocycles. The molecule has 3 aromatic rings. The van der Waals surface area contributed by atoms with E-state index in [0.717, 1.165) is 11.3 Å². The molecule has 1 amide bonds. The number of ether oxygens (including phenoxy) is 1. The molecular weight excluding hydrogens is 448 g/mol. The highest BCUT2D eigenvalue weighted by atomic mass is 35.5. The first-order chi connectivity index (χ1) is 14.8. The predicted molar refractivity (Wildman–Crippen MR) is 114 cm³/mol. The fraction of sp³-hybridized carbons (Fsp3) is 0.350. The molecule has 1 aromatic carbocycles. The zero-order valence-corrected chi connectivity index (χ0v) is 18.1. The second-order valence-electron chi connectivity index (χ2n) is 7.23. The summed E-state index contributed by atoms with van der Waals surface area (Å²) in [6.45, 7) is -0.122. The predicted octanol–water partition coefficient (Wildman–Crippen LogP) is 4.11. The van der Waals surface area contributed by atoms with E-state index in [1.54, 1.807) is 17.8 Å². The molecule has 1 fully saturated rings. The van der Waals surface area contributed by atoms with Gasteiger partial charge in [-0.3, -0.25) is 9.48 Å². The van der Waals surface area contributed by atoms with Gasteiger partial charge in [0.2, 0.25) is 0 Å². The van der Waals surface area contributed by atoms with Crippen molar-refractivity contribution in [1.29, 1.82) is 0 Å². The second kappa shape index (κ2) is 8.99. The van der Waals surface area contributed by atoms with Gasteiger partial charge in [-0.05, 0) is 25.0 Å². The lowest BCUT2D eigenvalue weighted by atomic mass is 10.0. The van der Waals surface area contributed by atoms with Crippen LogP contribution >= 0.6 is 22.9 Å². The normalized spacial score (nSPS) is 21.6. The number of thiazole rings is 1. The zero-order valence-electron chi connectivity index (χ0n) is 16.5. The molecule has 7 nitrogen and oxygen atoms in total. The standard InChI is InChI=1S/C20H20ClF2N5O2S/c1-28-18(16-6-5-13(24)12(23)8-30-16)14(7-25-28)26-19(29)15-9-31-20(27-15)17-10(21)3-2-4-11(17)22/h2-4,7,9,12-13,16H,5-6,8,24H2,1H3,(H,26,29). The highest BCUT2D eigenvalue weighted by Crippen LogP contribution is 2.34. The van der Waals surface area contributed by atoms with E-state index in [4.69, 9.17) is 22.1 Å². The van der Waals surface area contributed by atoms with Crippen molar-refractivity contribution in [3.05, 3.63) is 52.0 Å². The van der Waals surface area contributed by atoms with Crippen LogP contribution < -0.4 is 11.1 Å². The monoisotopic (exact) mass is 467 g/mol. The summed E-state index contributed by atoms with van der Waals surface area (Å²) < 4.78 is 35.3. The Bertz CT molecular complexity index is 1070.